The molecule has 1 aliphatic heterocycles. The SMILES string of the molecule is CN(C)CCN(C)C1CN(Cc2ccc(F)cc2)S(=O)(=O)C1. The number of halogens is 1. The predicted octanol–water partition coefficient (Wildman–Crippen LogP) is 0.833. The fraction of sp³-hybridized carbons (Fsp3) is 0.600. The van der Waals surface area contributed by atoms with Gasteiger partial charge >= 0.3 is 0 Å². The predicted molar refractivity (Wildman–Crippen MR) is 85.6 cm³/mol. The lowest BCUT2D eigenvalue weighted by atomic mass is 10.2. The molecule has 1 aromatic rings. The van der Waals surface area contributed by atoms with Gasteiger partial charge in [0.1, 0.15) is 5.82 Å². The Morgan fingerprint density at radius 1 is 1.18 bits per heavy atom. The van der Waals surface area contributed by atoms with Crippen LogP contribution in [0.4, 0.5) is 4.39 Å². The van der Waals surface area contributed by atoms with E-state index in [-0.39, 0.29) is 17.6 Å². The summed E-state index contributed by atoms with van der Waals surface area (Å²) in [5.41, 5.74) is 0.807. The molecular weight excluding hydrogens is 305 g/mol. The van der Waals surface area contributed by atoms with E-state index in [0.717, 1.165) is 18.7 Å². The molecule has 0 radical (unpaired) electrons. The first-order chi connectivity index (χ1) is 10.3. The Kier molecular flexibility index (Phi) is 5.55. The van der Waals surface area contributed by atoms with Gasteiger partial charge in [-0.05, 0) is 38.8 Å². The van der Waals surface area contributed by atoms with Gasteiger partial charge in [-0.15, -0.1) is 0 Å². The third-order valence-corrected chi connectivity index (χ3v) is 5.88. The molecule has 0 N–H and O–H groups in total. The van der Waals surface area contributed by atoms with Crippen molar-refractivity contribution in [1.29, 1.82) is 0 Å². The Morgan fingerprint density at radius 2 is 1.82 bits per heavy atom. The van der Waals surface area contributed by atoms with Crippen molar-refractivity contribution in [3.05, 3.63) is 35.6 Å². The van der Waals surface area contributed by atoms with E-state index in [2.05, 4.69) is 9.80 Å². The molecule has 0 aromatic heterocycles. The lowest BCUT2D eigenvalue weighted by Crippen LogP contribution is -2.39. The van der Waals surface area contributed by atoms with Gasteiger partial charge in [0, 0.05) is 32.2 Å². The highest BCUT2D eigenvalue weighted by atomic mass is 32.2. The van der Waals surface area contributed by atoms with Gasteiger partial charge in [-0.1, -0.05) is 12.1 Å². The second-order valence-corrected chi connectivity index (χ2v) is 8.15. The summed E-state index contributed by atoms with van der Waals surface area (Å²) in [5.74, 6) is -0.160. The number of rotatable bonds is 6. The van der Waals surface area contributed by atoms with E-state index in [9.17, 15) is 12.8 Å². The summed E-state index contributed by atoms with van der Waals surface area (Å²) >= 11 is 0. The number of likely N-dealkylation sites (N-methyl/N-ethyl adjacent to an activating group) is 2. The van der Waals surface area contributed by atoms with Gasteiger partial charge in [0.05, 0.1) is 5.75 Å². The van der Waals surface area contributed by atoms with Crippen molar-refractivity contribution < 1.29 is 12.8 Å². The summed E-state index contributed by atoms with van der Waals surface area (Å²) in [4.78, 5) is 4.18. The molecule has 7 heteroatoms. The van der Waals surface area contributed by atoms with Crippen molar-refractivity contribution in [1.82, 2.24) is 14.1 Å². The number of hydrogen-bond donors (Lipinski definition) is 0. The molecule has 1 heterocycles. The molecule has 0 aliphatic carbocycles. The summed E-state index contributed by atoms with van der Waals surface area (Å²) in [7, 11) is 2.72. The summed E-state index contributed by atoms with van der Waals surface area (Å²) in [5, 5.41) is 0. The first-order valence-corrected chi connectivity index (χ1v) is 8.96. The fourth-order valence-electron chi connectivity index (χ4n) is 2.51. The molecular formula is C15H24FN3O2S. The van der Waals surface area contributed by atoms with Crippen molar-refractivity contribution in [3.63, 3.8) is 0 Å². The van der Waals surface area contributed by atoms with Crippen LogP contribution in [-0.2, 0) is 16.6 Å². The van der Waals surface area contributed by atoms with Crippen LogP contribution in [-0.4, -0.2) is 75.1 Å². The lowest BCUT2D eigenvalue weighted by molar-refractivity contribution is 0.218. The van der Waals surface area contributed by atoms with E-state index in [1.165, 1.54) is 16.4 Å². The van der Waals surface area contributed by atoms with Crippen molar-refractivity contribution in [2.24, 2.45) is 0 Å². The second-order valence-electron chi connectivity index (χ2n) is 6.14. The minimum absolute atomic E-state index is 0.00500. The smallest absolute Gasteiger partial charge is 0.216 e. The highest BCUT2D eigenvalue weighted by Gasteiger charge is 2.37. The van der Waals surface area contributed by atoms with Gasteiger partial charge in [-0.25, -0.2) is 12.8 Å². The quantitative estimate of drug-likeness (QED) is 0.776. The number of nitrogens with zero attached hydrogens (tertiary/aromatic N) is 3. The molecule has 1 atom stereocenters. The Bertz CT molecular complexity index is 589. The zero-order valence-electron chi connectivity index (χ0n) is 13.4. The standard InChI is InChI=1S/C15H24FN3O2S/c1-17(2)8-9-18(3)15-11-19(22(20,21)12-15)10-13-4-6-14(16)7-5-13/h4-7,15H,8-12H2,1-3H3. The Hall–Kier alpha value is -1.02. The Labute approximate surface area is 132 Å². The maximum absolute atomic E-state index is 12.9. The number of hydrogen-bond acceptors (Lipinski definition) is 4. The van der Waals surface area contributed by atoms with E-state index >= 15 is 0 Å². The summed E-state index contributed by atoms with van der Waals surface area (Å²) in [6.45, 7) is 2.52. The topological polar surface area (TPSA) is 43.9 Å². The fourth-order valence-corrected chi connectivity index (χ4v) is 4.32. The van der Waals surface area contributed by atoms with Gasteiger partial charge in [0.15, 0.2) is 0 Å². The molecule has 1 aromatic carbocycles. The van der Waals surface area contributed by atoms with Crippen LogP contribution in [0.25, 0.3) is 0 Å². The molecule has 2 rings (SSSR count). The molecule has 124 valence electrons. The second kappa shape index (κ2) is 7.04. The Balaban J connectivity index is 1.99. The molecule has 1 saturated heterocycles. The third-order valence-electron chi connectivity index (χ3n) is 4.01. The lowest BCUT2D eigenvalue weighted by Gasteiger charge is -2.24. The van der Waals surface area contributed by atoms with Crippen molar-refractivity contribution >= 4 is 10.0 Å². The van der Waals surface area contributed by atoms with E-state index in [4.69, 9.17) is 0 Å². The van der Waals surface area contributed by atoms with Crippen molar-refractivity contribution in [3.8, 4) is 0 Å². The van der Waals surface area contributed by atoms with Gasteiger partial charge < -0.3 is 4.90 Å². The van der Waals surface area contributed by atoms with Crippen LogP contribution in [0, 0.1) is 5.82 Å². The average Bonchev–Trinajstić information content (AvgIpc) is 2.74. The van der Waals surface area contributed by atoms with Gasteiger partial charge in [0.25, 0.3) is 0 Å². The zero-order valence-corrected chi connectivity index (χ0v) is 14.2. The van der Waals surface area contributed by atoms with Crippen LogP contribution in [0.2, 0.25) is 0 Å². The van der Waals surface area contributed by atoms with Crippen LogP contribution in [0.3, 0.4) is 0 Å². The third kappa shape index (κ3) is 4.49. The van der Waals surface area contributed by atoms with Crippen molar-refractivity contribution in [2.45, 2.75) is 12.6 Å². The average molecular weight is 329 g/mol. The van der Waals surface area contributed by atoms with E-state index in [0.29, 0.717) is 13.1 Å². The molecule has 0 saturated carbocycles. The zero-order chi connectivity index (χ0) is 16.3. The number of sulfonamides is 1. The minimum atomic E-state index is -3.24. The van der Waals surface area contributed by atoms with Crippen LogP contribution in [0.15, 0.2) is 24.3 Å². The molecule has 1 fully saturated rings. The first-order valence-electron chi connectivity index (χ1n) is 7.35. The summed E-state index contributed by atoms with van der Waals surface area (Å²) in [6, 6.07) is 5.99. The summed E-state index contributed by atoms with van der Waals surface area (Å²) in [6.07, 6.45) is 0. The van der Waals surface area contributed by atoms with E-state index in [1.54, 1.807) is 12.1 Å². The largest absolute Gasteiger partial charge is 0.308 e. The highest BCUT2D eigenvalue weighted by Crippen LogP contribution is 2.21. The van der Waals surface area contributed by atoms with Gasteiger partial charge in [-0.2, -0.15) is 4.31 Å². The minimum Gasteiger partial charge on any atom is -0.308 e. The number of benzene rings is 1. The van der Waals surface area contributed by atoms with Crippen LogP contribution in [0.1, 0.15) is 5.56 Å². The van der Waals surface area contributed by atoms with E-state index < -0.39 is 10.0 Å². The molecule has 0 amide bonds. The molecule has 1 unspecified atom stereocenters. The van der Waals surface area contributed by atoms with Crippen LogP contribution in [0.5, 0.6) is 0 Å². The van der Waals surface area contributed by atoms with Crippen LogP contribution >= 0.6 is 0 Å². The van der Waals surface area contributed by atoms with Gasteiger partial charge in [-0.3, -0.25) is 4.90 Å². The van der Waals surface area contributed by atoms with Crippen molar-refractivity contribution in [2.75, 3.05) is 46.5 Å². The maximum Gasteiger partial charge on any atom is 0.216 e. The highest BCUT2D eigenvalue weighted by molar-refractivity contribution is 7.89. The van der Waals surface area contributed by atoms with Crippen LogP contribution < -0.4 is 0 Å². The Morgan fingerprint density at radius 3 is 2.41 bits per heavy atom. The molecule has 5 nitrogen and oxygen atoms in total. The molecule has 0 bridgehead atoms. The molecule has 0 spiro atoms. The normalized spacial score (nSPS) is 21.8. The monoisotopic (exact) mass is 329 g/mol. The van der Waals surface area contributed by atoms with Gasteiger partial charge in [0.2, 0.25) is 10.0 Å². The van der Waals surface area contributed by atoms with E-state index in [1.807, 2.05) is 21.1 Å². The maximum atomic E-state index is 12.9. The molecule has 1 aliphatic rings. The summed E-state index contributed by atoms with van der Waals surface area (Å²) < 4.78 is 39.0. The first kappa shape index (κ1) is 17.3. The molecule has 22 heavy (non-hydrogen) atoms.